The van der Waals surface area contributed by atoms with Gasteiger partial charge in [-0.15, -0.1) is 0 Å². The molecule has 0 heterocycles. The van der Waals surface area contributed by atoms with Crippen LogP contribution in [0.3, 0.4) is 0 Å². The Morgan fingerprint density at radius 2 is 1.62 bits per heavy atom. The van der Waals surface area contributed by atoms with E-state index in [1.165, 1.54) is 11.1 Å². The van der Waals surface area contributed by atoms with Gasteiger partial charge in [0.1, 0.15) is 0 Å². The van der Waals surface area contributed by atoms with Gasteiger partial charge >= 0.3 is 0 Å². The molecule has 0 aromatic heterocycles. The highest BCUT2D eigenvalue weighted by Crippen LogP contribution is 2.20. The zero-order valence-electron chi connectivity index (χ0n) is 12.6. The summed E-state index contributed by atoms with van der Waals surface area (Å²) in [7, 11) is 0. The normalized spacial score (nSPS) is 11.9. The number of hydrogen-bond donors (Lipinski definition) is 1. The number of carbonyl (C=O) groups excluding carboxylic acids is 1. The van der Waals surface area contributed by atoms with Gasteiger partial charge in [-0.25, -0.2) is 0 Å². The van der Waals surface area contributed by atoms with Gasteiger partial charge in [-0.1, -0.05) is 67.6 Å². The molecule has 2 aromatic carbocycles. The second kappa shape index (κ2) is 8.25. The van der Waals surface area contributed by atoms with Crippen LogP contribution in [-0.2, 0) is 11.2 Å². The Hall–Kier alpha value is -2.09. The van der Waals surface area contributed by atoms with E-state index in [1.807, 2.05) is 31.2 Å². The second-order valence-electron chi connectivity index (χ2n) is 5.26. The quantitative estimate of drug-likeness (QED) is 0.806. The lowest BCUT2D eigenvalue weighted by molar-refractivity contribution is -0.121. The summed E-state index contributed by atoms with van der Waals surface area (Å²) in [6.07, 6.45) is 3.60. The summed E-state index contributed by atoms with van der Waals surface area (Å²) in [5.74, 6) is 0.114. The minimum absolute atomic E-state index is 0.113. The summed E-state index contributed by atoms with van der Waals surface area (Å²) in [6, 6.07) is 20.8. The first-order chi connectivity index (χ1) is 10.3. The van der Waals surface area contributed by atoms with Gasteiger partial charge in [0.05, 0.1) is 6.04 Å². The molecule has 2 nitrogen and oxygen atoms in total. The molecule has 0 bridgehead atoms. The van der Waals surface area contributed by atoms with Crippen LogP contribution in [0.25, 0.3) is 0 Å². The van der Waals surface area contributed by atoms with E-state index >= 15 is 0 Å². The minimum atomic E-state index is 0.113. The molecule has 1 N–H and O–H groups in total. The number of hydrogen-bond acceptors (Lipinski definition) is 1. The molecule has 0 aliphatic heterocycles. The van der Waals surface area contributed by atoms with Crippen LogP contribution in [0.2, 0.25) is 0 Å². The molecule has 0 spiro atoms. The average molecular weight is 281 g/mol. The summed E-state index contributed by atoms with van der Waals surface area (Å²) in [4.78, 5) is 11.7. The zero-order chi connectivity index (χ0) is 14.9. The Morgan fingerprint density at radius 1 is 1.00 bits per heavy atom. The van der Waals surface area contributed by atoms with E-state index in [1.54, 1.807) is 0 Å². The Labute approximate surface area is 127 Å². The van der Waals surface area contributed by atoms with Gasteiger partial charge in [0.2, 0.25) is 5.91 Å². The molecule has 0 aliphatic carbocycles. The zero-order valence-corrected chi connectivity index (χ0v) is 12.6. The van der Waals surface area contributed by atoms with E-state index in [9.17, 15) is 4.79 Å². The molecule has 1 amide bonds. The number of amides is 1. The van der Waals surface area contributed by atoms with Crippen molar-refractivity contribution in [1.29, 1.82) is 0 Å². The molecule has 1 unspecified atom stereocenters. The van der Waals surface area contributed by atoms with Crippen LogP contribution in [-0.4, -0.2) is 5.91 Å². The van der Waals surface area contributed by atoms with Crippen LogP contribution < -0.4 is 5.32 Å². The topological polar surface area (TPSA) is 29.1 Å². The van der Waals surface area contributed by atoms with Crippen LogP contribution in [0.1, 0.15) is 43.4 Å². The lowest BCUT2D eigenvalue weighted by Gasteiger charge is -2.19. The third-order valence-electron chi connectivity index (χ3n) is 3.66. The standard InChI is InChI=1S/C19H23NO/c1-2-19(21)20-18(17-13-7-4-8-14-17)15-9-12-16-10-5-3-6-11-16/h3-8,10-11,13-14,18H,2,9,12,15H2,1H3,(H,20,21). The molecular weight excluding hydrogens is 258 g/mol. The lowest BCUT2D eigenvalue weighted by atomic mass is 9.99. The molecule has 2 aromatic rings. The van der Waals surface area contributed by atoms with Gasteiger partial charge in [0.15, 0.2) is 0 Å². The fourth-order valence-electron chi connectivity index (χ4n) is 2.46. The Balaban J connectivity index is 1.94. The maximum Gasteiger partial charge on any atom is 0.220 e. The Morgan fingerprint density at radius 3 is 2.24 bits per heavy atom. The molecule has 110 valence electrons. The molecule has 0 saturated carbocycles. The predicted octanol–water partition coefficient (Wildman–Crippen LogP) is 4.28. The van der Waals surface area contributed by atoms with Crippen molar-refractivity contribution >= 4 is 5.91 Å². The molecular formula is C19H23NO. The van der Waals surface area contributed by atoms with Crippen molar-refractivity contribution in [3.63, 3.8) is 0 Å². The van der Waals surface area contributed by atoms with Crippen LogP contribution in [0.5, 0.6) is 0 Å². The maximum atomic E-state index is 11.7. The second-order valence-corrected chi connectivity index (χ2v) is 5.26. The Bertz CT molecular complexity index is 536. The number of rotatable bonds is 7. The highest BCUT2D eigenvalue weighted by Gasteiger charge is 2.13. The smallest absolute Gasteiger partial charge is 0.220 e. The van der Waals surface area contributed by atoms with Crippen molar-refractivity contribution in [2.24, 2.45) is 0 Å². The predicted molar refractivity (Wildman–Crippen MR) is 87.0 cm³/mol. The highest BCUT2D eigenvalue weighted by molar-refractivity contribution is 5.76. The lowest BCUT2D eigenvalue weighted by Crippen LogP contribution is -2.27. The molecule has 1 atom stereocenters. The molecule has 2 heteroatoms. The van der Waals surface area contributed by atoms with E-state index in [-0.39, 0.29) is 11.9 Å². The third kappa shape index (κ3) is 5.07. The van der Waals surface area contributed by atoms with Crippen molar-refractivity contribution in [2.45, 2.75) is 38.6 Å². The van der Waals surface area contributed by atoms with Gasteiger partial charge in [-0.05, 0) is 30.4 Å². The number of aryl methyl sites for hydroxylation is 1. The van der Waals surface area contributed by atoms with Gasteiger partial charge in [0, 0.05) is 6.42 Å². The fraction of sp³-hybridized carbons (Fsp3) is 0.316. The van der Waals surface area contributed by atoms with E-state index in [4.69, 9.17) is 0 Å². The summed E-state index contributed by atoms with van der Waals surface area (Å²) >= 11 is 0. The largest absolute Gasteiger partial charge is 0.349 e. The van der Waals surface area contributed by atoms with Gasteiger partial charge < -0.3 is 5.32 Å². The van der Waals surface area contributed by atoms with Gasteiger partial charge in [0.25, 0.3) is 0 Å². The van der Waals surface area contributed by atoms with E-state index in [0.29, 0.717) is 6.42 Å². The average Bonchev–Trinajstić information content (AvgIpc) is 2.55. The SMILES string of the molecule is CCC(=O)NC(CCCc1ccccc1)c1ccccc1. The van der Waals surface area contributed by atoms with Crippen molar-refractivity contribution in [3.8, 4) is 0 Å². The summed E-state index contributed by atoms with van der Waals surface area (Å²) in [6.45, 7) is 1.89. The molecule has 0 radical (unpaired) electrons. The fourth-order valence-corrected chi connectivity index (χ4v) is 2.46. The van der Waals surface area contributed by atoms with Gasteiger partial charge in [-0.2, -0.15) is 0 Å². The Kier molecular flexibility index (Phi) is 6.01. The third-order valence-corrected chi connectivity index (χ3v) is 3.66. The first-order valence-electron chi connectivity index (χ1n) is 7.68. The van der Waals surface area contributed by atoms with Crippen LogP contribution >= 0.6 is 0 Å². The first-order valence-corrected chi connectivity index (χ1v) is 7.68. The van der Waals surface area contributed by atoms with Gasteiger partial charge in [-0.3, -0.25) is 4.79 Å². The summed E-state index contributed by atoms with van der Waals surface area (Å²) < 4.78 is 0. The molecule has 0 aliphatic rings. The summed E-state index contributed by atoms with van der Waals surface area (Å²) in [5.41, 5.74) is 2.54. The number of carbonyl (C=O) groups is 1. The van der Waals surface area contributed by atoms with E-state index in [2.05, 4.69) is 41.7 Å². The molecule has 21 heavy (non-hydrogen) atoms. The van der Waals surface area contributed by atoms with Crippen molar-refractivity contribution in [3.05, 3.63) is 71.8 Å². The molecule has 2 rings (SSSR count). The van der Waals surface area contributed by atoms with Crippen LogP contribution in [0.4, 0.5) is 0 Å². The maximum absolute atomic E-state index is 11.7. The molecule has 0 saturated heterocycles. The monoisotopic (exact) mass is 281 g/mol. The van der Waals surface area contributed by atoms with Crippen molar-refractivity contribution in [2.75, 3.05) is 0 Å². The van der Waals surface area contributed by atoms with E-state index in [0.717, 1.165) is 19.3 Å². The van der Waals surface area contributed by atoms with Crippen LogP contribution in [0.15, 0.2) is 60.7 Å². The van der Waals surface area contributed by atoms with Crippen molar-refractivity contribution in [1.82, 2.24) is 5.32 Å². The van der Waals surface area contributed by atoms with Crippen LogP contribution in [0, 0.1) is 0 Å². The van der Waals surface area contributed by atoms with E-state index < -0.39 is 0 Å². The molecule has 0 fully saturated rings. The number of benzene rings is 2. The van der Waals surface area contributed by atoms with Crippen molar-refractivity contribution < 1.29 is 4.79 Å². The minimum Gasteiger partial charge on any atom is -0.349 e. The highest BCUT2D eigenvalue weighted by atomic mass is 16.1. The first kappa shape index (κ1) is 15.3. The number of nitrogens with one attached hydrogen (secondary N) is 1. The summed E-state index contributed by atoms with van der Waals surface area (Å²) in [5, 5.41) is 3.13.